The van der Waals surface area contributed by atoms with E-state index < -0.39 is 0 Å². The molecule has 0 aliphatic rings. The third-order valence-electron chi connectivity index (χ3n) is 3.00. The fourth-order valence-electron chi connectivity index (χ4n) is 1.96. The predicted molar refractivity (Wildman–Crippen MR) is 74.5 cm³/mol. The molecule has 0 fully saturated rings. The molecular weight excluding hydrogens is 242 g/mol. The largest absolute Gasteiger partial charge is 0.497 e. The molecule has 0 saturated carbocycles. The van der Waals surface area contributed by atoms with Gasteiger partial charge in [-0.2, -0.15) is 0 Å². The van der Waals surface area contributed by atoms with E-state index in [9.17, 15) is 0 Å². The normalized spacial score (nSPS) is 12.3. The topological polar surface area (TPSA) is 73.2 Å². The highest BCUT2D eigenvalue weighted by Crippen LogP contribution is 2.34. The first kappa shape index (κ1) is 13.4. The summed E-state index contributed by atoms with van der Waals surface area (Å²) in [5, 5.41) is 0. The maximum Gasteiger partial charge on any atom is 0.132 e. The van der Waals surface area contributed by atoms with Crippen LogP contribution < -0.4 is 15.2 Å². The molecule has 0 bridgehead atoms. The summed E-state index contributed by atoms with van der Waals surface area (Å²) in [7, 11) is 3.26. The molecule has 5 heteroatoms. The smallest absolute Gasteiger partial charge is 0.132 e. The van der Waals surface area contributed by atoms with Crippen LogP contribution in [-0.2, 0) is 0 Å². The number of H-pyrrole nitrogens is 1. The second-order valence-corrected chi connectivity index (χ2v) is 4.45. The van der Waals surface area contributed by atoms with Crippen LogP contribution in [0.1, 0.15) is 24.5 Å². The van der Waals surface area contributed by atoms with Crippen LogP contribution in [0.25, 0.3) is 11.3 Å². The number of aromatic amines is 1. The number of aryl methyl sites for hydroxylation is 1. The van der Waals surface area contributed by atoms with E-state index in [2.05, 4.69) is 9.97 Å². The molecule has 1 aromatic carbocycles. The van der Waals surface area contributed by atoms with Crippen molar-refractivity contribution < 1.29 is 9.47 Å². The van der Waals surface area contributed by atoms with Crippen LogP contribution in [0, 0.1) is 6.92 Å². The molecule has 1 aromatic heterocycles. The van der Waals surface area contributed by atoms with Gasteiger partial charge in [0.1, 0.15) is 17.3 Å². The monoisotopic (exact) mass is 261 g/mol. The molecule has 1 atom stereocenters. The van der Waals surface area contributed by atoms with Gasteiger partial charge in [0.25, 0.3) is 0 Å². The van der Waals surface area contributed by atoms with Gasteiger partial charge in [-0.05, 0) is 26.0 Å². The van der Waals surface area contributed by atoms with Gasteiger partial charge in [-0.3, -0.25) is 0 Å². The van der Waals surface area contributed by atoms with E-state index in [0.717, 1.165) is 34.3 Å². The van der Waals surface area contributed by atoms with E-state index in [4.69, 9.17) is 15.2 Å². The number of ether oxygens (including phenoxy) is 2. The van der Waals surface area contributed by atoms with Crippen LogP contribution in [0.4, 0.5) is 0 Å². The first-order valence-corrected chi connectivity index (χ1v) is 6.11. The third kappa shape index (κ3) is 2.56. The zero-order valence-electron chi connectivity index (χ0n) is 11.7. The van der Waals surface area contributed by atoms with Gasteiger partial charge in [-0.1, -0.05) is 0 Å². The van der Waals surface area contributed by atoms with Crippen LogP contribution >= 0.6 is 0 Å². The first-order chi connectivity index (χ1) is 9.06. The lowest BCUT2D eigenvalue weighted by molar-refractivity contribution is 0.395. The summed E-state index contributed by atoms with van der Waals surface area (Å²) < 4.78 is 10.6. The van der Waals surface area contributed by atoms with Crippen molar-refractivity contribution in [2.75, 3.05) is 14.2 Å². The predicted octanol–water partition coefficient (Wildman–Crippen LogP) is 2.42. The molecule has 0 amide bonds. The van der Waals surface area contributed by atoms with Gasteiger partial charge in [0, 0.05) is 17.3 Å². The van der Waals surface area contributed by atoms with E-state index in [1.54, 1.807) is 14.2 Å². The minimum Gasteiger partial charge on any atom is -0.497 e. The maximum atomic E-state index is 5.85. The molecule has 1 unspecified atom stereocenters. The van der Waals surface area contributed by atoms with Crippen molar-refractivity contribution in [1.82, 2.24) is 9.97 Å². The van der Waals surface area contributed by atoms with E-state index in [1.807, 2.05) is 32.0 Å². The minimum atomic E-state index is -0.128. The Hall–Kier alpha value is -2.01. The number of nitrogens with one attached hydrogen (secondary N) is 1. The fourth-order valence-corrected chi connectivity index (χ4v) is 1.96. The molecule has 19 heavy (non-hydrogen) atoms. The number of imidazole rings is 1. The van der Waals surface area contributed by atoms with Gasteiger partial charge in [-0.15, -0.1) is 0 Å². The lowest BCUT2D eigenvalue weighted by Crippen LogP contribution is -2.06. The van der Waals surface area contributed by atoms with E-state index in [1.165, 1.54) is 0 Å². The number of nitrogens with two attached hydrogens (primary N) is 1. The molecule has 0 aliphatic carbocycles. The molecule has 5 nitrogen and oxygen atoms in total. The average molecular weight is 261 g/mol. The van der Waals surface area contributed by atoms with E-state index in [-0.39, 0.29) is 6.04 Å². The highest BCUT2D eigenvalue weighted by molar-refractivity contribution is 5.70. The number of methoxy groups -OCH3 is 2. The van der Waals surface area contributed by atoms with E-state index >= 15 is 0 Å². The van der Waals surface area contributed by atoms with Crippen LogP contribution in [0.5, 0.6) is 11.5 Å². The molecular formula is C14H19N3O2. The minimum absolute atomic E-state index is 0.128. The fraction of sp³-hybridized carbons (Fsp3) is 0.357. The highest BCUT2D eigenvalue weighted by atomic mass is 16.5. The number of benzene rings is 1. The highest BCUT2D eigenvalue weighted by Gasteiger charge is 2.15. The Balaban J connectivity index is 2.52. The molecule has 0 spiro atoms. The quantitative estimate of drug-likeness (QED) is 0.886. The Bertz CT molecular complexity index is 576. The summed E-state index contributed by atoms with van der Waals surface area (Å²) in [4.78, 5) is 7.74. The Labute approximate surface area is 112 Å². The third-order valence-corrected chi connectivity index (χ3v) is 3.00. The molecule has 0 saturated heterocycles. The zero-order valence-corrected chi connectivity index (χ0v) is 11.7. The lowest BCUT2D eigenvalue weighted by Gasteiger charge is -2.09. The molecule has 1 heterocycles. The summed E-state index contributed by atoms with van der Waals surface area (Å²) >= 11 is 0. The van der Waals surface area contributed by atoms with Gasteiger partial charge in [-0.25, -0.2) is 4.98 Å². The second-order valence-electron chi connectivity index (χ2n) is 4.45. The van der Waals surface area contributed by atoms with Crippen molar-refractivity contribution in [3.63, 3.8) is 0 Å². The van der Waals surface area contributed by atoms with Gasteiger partial charge in [0.05, 0.1) is 26.0 Å². The number of aromatic nitrogens is 2. The number of rotatable bonds is 4. The SMILES string of the molecule is COc1ccc(-c2nc(C(C)N)[nH]c2C)c(OC)c1. The summed E-state index contributed by atoms with van der Waals surface area (Å²) in [6, 6.07) is 5.54. The molecule has 2 aromatic rings. The van der Waals surface area contributed by atoms with Gasteiger partial charge in [0.15, 0.2) is 0 Å². The van der Waals surface area contributed by atoms with Crippen molar-refractivity contribution >= 4 is 0 Å². The summed E-state index contributed by atoms with van der Waals surface area (Å²) in [5.41, 5.74) is 8.59. The van der Waals surface area contributed by atoms with E-state index in [0.29, 0.717) is 0 Å². The summed E-state index contributed by atoms with van der Waals surface area (Å²) in [5.74, 6) is 2.25. The van der Waals surface area contributed by atoms with Gasteiger partial charge >= 0.3 is 0 Å². The molecule has 102 valence electrons. The molecule has 0 aliphatic heterocycles. The number of nitrogens with zero attached hydrogens (tertiary/aromatic N) is 1. The number of hydrogen-bond donors (Lipinski definition) is 2. The average Bonchev–Trinajstić information content (AvgIpc) is 2.80. The van der Waals surface area contributed by atoms with Crippen LogP contribution in [0.15, 0.2) is 18.2 Å². The molecule has 2 rings (SSSR count). The van der Waals surface area contributed by atoms with Crippen LogP contribution in [-0.4, -0.2) is 24.2 Å². The van der Waals surface area contributed by atoms with Crippen molar-refractivity contribution in [3.05, 3.63) is 29.7 Å². The summed E-state index contributed by atoms with van der Waals surface area (Å²) in [6.45, 7) is 3.87. The Morgan fingerprint density at radius 1 is 1.26 bits per heavy atom. The lowest BCUT2D eigenvalue weighted by atomic mass is 10.1. The number of hydrogen-bond acceptors (Lipinski definition) is 4. The van der Waals surface area contributed by atoms with Crippen molar-refractivity contribution in [2.24, 2.45) is 5.73 Å². The van der Waals surface area contributed by atoms with Crippen molar-refractivity contribution in [1.29, 1.82) is 0 Å². The second kappa shape index (κ2) is 5.32. The van der Waals surface area contributed by atoms with Gasteiger partial charge < -0.3 is 20.2 Å². The maximum absolute atomic E-state index is 5.85. The summed E-state index contributed by atoms with van der Waals surface area (Å²) in [6.07, 6.45) is 0. The van der Waals surface area contributed by atoms with Crippen LogP contribution in [0.2, 0.25) is 0 Å². The van der Waals surface area contributed by atoms with Crippen LogP contribution in [0.3, 0.4) is 0 Å². The first-order valence-electron chi connectivity index (χ1n) is 6.11. The van der Waals surface area contributed by atoms with Crippen molar-refractivity contribution in [2.45, 2.75) is 19.9 Å². The Kier molecular flexibility index (Phi) is 3.76. The van der Waals surface area contributed by atoms with Crippen molar-refractivity contribution in [3.8, 4) is 22.8 Å². The Morgan fingerprint density at radius 3 is 2.53 bits per heavy atom. The zero-order chi connectivity index (χ0) is 14.0. The van der Waals surface area contributed by atoms with Gasteiger partial charge in [0.2, 0.25) is 0 Å². The molecule has 0 radical (unpaired) electrons. The molecule has 3 N–H and O–H groups in total. The standard InChI is InChI=1S/C14H19N3O2/c1-8(15)14-16-9(2)13(17-14)11-6-5-10(18-3)7-12(11)19-4/h5-8H,15H2,1-4H3,(H,16,17). The Morgan fingerprint density at radius 2 is 2.00 bits per heavy atom.